The Morgan fingerprint density at radius 2 is 1.78 bits per heavy atom. The largest absolute Gasteiger partial charge is 0.416 e. The molecule has 2 aromatic carbocycles. The number of carbonyl (C=O) groups excluding carboxylic acids is 1. The summed E-state index contributed by atoms with van der Waals surface area (Å²) in [5.74, 6) is -0.767. The average molecular weight is 395 g/mol. The van der Waals surface area contributed by atoms with Gasteiger partial charge in [0.25, 0.3) is 15.9 Å². The van der Waals surface area contributed by atoms with Crippen molar-refractivity contribution < 1.29 is 26.4 Å². The van der Waals surface area contributed by atoms with Gasteiger partial charge in [-0.15, -0.1) is 4.83 Å². The van der Waals surface area contributed by atoms with Crippen molar-refractivity contribution in [3.63, 3.8) is 0 Å². The van der Waals surface area contributed by atoms with Gasteiger partial charge >= 0.3 is 6.18 Å². The number of sulfonamides is 1. The number of amides is 1. The zero-order valence-corrected chi connectivity index (χ0v) is 14.3. The monoisotopic (exact) mass is 395 g/mol. The summed E-state index contributed by atoms with van der Waals surface area (Å²) in [6.07, 6.45) is -3.10. The van der Waals surface area contributed by atoms with Crippen LogP contribution in [0.25, 0.3) is 10.9 Å². The smallest absolute Gasteiger partial charge is 0.273 e. The minimum absolute atomic E-state index is 0.155. The van der Waals surface area contributed by atoms with E-state index in [1.54, 1.807) is 29.2 Å². The summed E-state index contributed by atoms with van der Waals surface area (Å²) in [6.45, 7) is 0. The maximum Gasteiger partial charge on any atom is 0.416 e. The molecule has 0 atom stereocenters. The molecule has 140 valence electrons. The van der Waals surface area contributed by atoms with Crippen molar-refractivity contribution in [2.45, 2.75) is 11.1 Å². The van der Waals surface area contributed by atoms with E-state index in [4.69, 9.17) is 0 Å². The fourth-order valence-corrected chi connectivity index (χ4v) is 3.19. The Bertz CT molecular complexity index is 1110. The minimum atomic E-state index is -4.69. The highest BCUT2D eigenvalue weighted by Gasteiger charge is 2.31. The third-order valence-corrected chi connectivity index (χ3v) is 4.88. The second-order valence-electron chi connectivity index (χ2n) is 5.50. The lowest BCUT2D eigenvalue weighted by Gasteiger charge is -2.11. The van der Waals surface area contributed by atoms with E-state index in [2.05, 4.69) is 4.98 Å². The molecule has 0 unspecified atom stereocenters. The van der Waals surface area contributed by atoms with Crippen molar-refractivity contribution >= 4 is 26.8 Å². The summed E-state index contributed by atoms with van der Waals surface area (Å²) in [7, 11) is -4.38. The number of halogens is 3. The van der Waals surface area contributed by atoms with Gasteiger partial charge in [0.1, 0.15) is 0 Å². The number of rotatable bonds is 4. The zero-order valence-electron chi connectivity index (χ0n) is 13.5. The van der Waals surface area contributed by atoms with Crippen molar-refractivity contribution in [2.24, 2.45) is 0 Å². The molecule has 0 radical (unpaired) electrons. The number of alkyl halides is 3. The van der Waals surface area contributed by atoms with Crippen LogP contribution in [0.1, 0.15) is 15.9 Å². The van der Waals surface area contributed by atoms with Gasteiger partial charge in [0, 0.05) is 17.1 Å². The van der Waals surface area contributed by atoms with Crippen molar-refractivity contribution in [2.75, 3.05) is 0 Å². The summed E-state index contributed by atoms with van der Waals surface area (Å²) in [5.41, 5.74) is 1.68. The molecule has 0 aliphatic rings. The number of nitrogens with zero attached hydrogens (tertiary/aromatic N) is 1. The highest BCUT2D eigenvalue weighted by atomic mass is 32.2. The Kier molecular flexibility index (Phi) is 4.85. The predicted octanol–water partition coefficient (Wildman–Crippen LogP) is 2.88. The molecule has 0 spiro atoms. The first-order valence-electron chi connectivity index (χ1n) is 7.51. The number of carbonyl (C=O) groups is 1. The molecule has 1 heterocycles. The normalized spacial score (nSPS) is 12.1. The molecule has 27 heavy (non-hydrogen) atoms. The third kappa shape index (κ3) is 4.23. The maximum absolute atomic E-state index is 12.7. The van der Waals surface area contributed by atoms with E-state index >= 15 is 0 Å². The Morgan fingerprint density at radius 1 is 1.00 bits per heavy atom. The van der Waals surface area contributed by atoms with E-state index < -0.39 is 32.6 Å². The van der Waals surface area contributed by atoms with Crippen LogP contribution in [0.15, 0.2) is 65.7 Å². The van der Waals surface area contributed by atoms with Gasteiger partial charge in [0.05, 0.1) is 16.0 Å². The molecule has 0 saturated carbocycles. The number of fused-ring (bicyclic) bond motifs is 1. The van der Waals surface area contributed by atoms with E-state index in [1.807, 2.05) is 5.43 Å². The van der Waals surface area contributed by atoms with E-state index in [9.17, 15) is 26.4 Å². The van der Waals surface area contributed by atoms with Crippen molar-refractivity contribution in [1.82, 2.24) is 15.2 Å². The van der Waals surface area contributed by atoms with Crippen LogP contribution < -0.4 is 10.3 Å². The quantitative estimate of drug-likeness (QED) is 0.665. The van der Waals surface area contributed by atoms with Gasteiger partial charge in [0.15, 0.2) is 0 Å². The van der Waals surface area contributed by atoms with Crippen LogP contribution in [0.2, 0.25) is 0 Å². The summed E-state index contributed by atoms with van der Waals surface area (Å²) in [6, 6.07) is 11.1. The second-order valence-corrected chi connectivity index (χ2v) is 7.18. The fourth-order valence-electron chi connectivity index (χ4n) is 2.30. The summed E-state index contributed by atoms with van der Waals surface area (Å²) < 4.78 is 62.5. The molecule has 0 saturated heterocycles. The molecule has 3 aromatic rings. The van der Waals surface area contributed by atoms with E-state index in [1.165, 1.54) is 12.1 Å². The lowest BCUT2D eigenvalue weighted by molar-refractivity contribution is -0.137. The number of hydrogen-bond donors (Lipinski definition) is 2. The van der Waals surface area contributed by atoms with Crippen molar-refractivity contribution in [3.05, 3.63) is 71.9 Å². The van der Waals surface area contributed by atoms with Gasteiger partial charge in [-0.05, 0) is 42.5 Å². The molecule has 0 fully saturated rings. The number of hydrazine groups is 1. The lowest BCUT2D eigenvalue weighted by atomic mass is 10.1. The molecule has 0 aliphatic carbocycles. The SMILES string of the molecule is O=C(NNS(=O)(=O)c1cccc(C(F)(F)F)c1)c1ccc2ncccc2c1. The number of pyridine rings is 1. The van der Waals surface area contributed by atoms with Gasteiger partial charge in [-0.2, -0.15) is 13.2 Å². The number of benzene rings is 2. The van der Waals surface area contributed by atoms with Crippen molar-refractivity contribution in [1.29, 1.82) is 0 Å². The van der Waals surface area contributed by atoms with Crippen LogP contribution in [0.3, 0.4) is 0 Å². The summed E-state index contributed by atoms with van der Waals surface area (Å²) in [4.78, 5) is 17.4. The van der Waals surface area contributed by atoms with Gasteiger partial charge in [0.2, 0.25) is 0 Å². The van der Waals surface area contributed by atoms with Gasteiger partial charge in [-0.3, -0.25) is 15.2 Å². The van der Waals surface area contributed by atoms with Crippen LogP contribution in [0.5, 0.6) is 0 Å². The standard InChI is InChI=1S/C17H12F3N3O3S/c18-17(19,20)13-4-1-5-14(10-13)27(25,26)23-22-16(24)12-6-7-15-11(9-12)3-2-8-21-15/h1-10,23H,(H,22,24). The zero-order chi connectivity index (χ0) is 19.7. The topological polar surface area (TPSA) is 88.2 Å². The predicted molar refractivity (Wildman–Crippen MR) is 91.0 cm³/mol. The third-order valence-electron chi connectivity index (χ3n) is 3.64. The number of nitrogens with one attached hydrogen (secondary N) is 2. The average Bonchev–Trinajstić information content (AvgIpc) is 2.65. The van der Waals surface area contributed by atoms with Gasteiger partial charge in [-0.25, -0.2) is 8.42 Å². The molecular weight excluding hydrogens is 383 g/mol. The molecule has 0 aliphatic heterocycles. The Morgan fingerprint density at radius 3 is 2.52 bits per heavy atom. The Balaban J connectivity index is 1.77. The molecular formula is C17H12F3N3O3S. The summed E-state index contributed by atoms with van der Waals surface area (Å²) in [5, 5.41) is 0.672. The van der Waals surface area contributed by atoms with Gasteiger partial charge < -0.3 is 0 Å². The van der Waals surface area contributed by atoms with E-state index in [-0.39, 0.29) is 5.56 Å². The van der Waals surface area contributed by atoms with Crippen LogP contribution >= 0.6 is 0 Å². The molecule has 10 heteroatoms. The van der Waals surface area contributed by atoms with E-state index in [0.29, 0.717) is 17.0 Å². The highest BCUT2D eigenvalue weighted by Crippen LogP contribution is 2.30. The number of aromatic nitrogens is 1. The van der Waals surface area contributed by atoms with Crippen LogP contribution in [0, 0.1) is 0 Å². The molecule has 6 nitrogen and oxygen atoms in total. The lowest BCUT2D eigenvalue weighted by Crippen LogP contribution is -2.41. The minimum Gasteiger partial charge on any atom is -0.273 e. The van der Waals surface area contributed by atoms with Gasteiger partial charge in [-0.1, -0.05) is 12.1 Å². The first kappa shape index (κ1) is 18.8. The first-order valence-corrected chi connectivity index (χ1v) is 8.99. The molecule has 0 bridgehead atoms. The van der Waals surface area contributed by atoms with Crippen LogP contribution in [-0.4, -0.2) is 19.3 Å². The fraction of sp³-hybridized carbons (Fsp3) is 0.0588. The van der Waals surface area contributed by atoms with Crippen molar-refractivity contribution in [3.8, 4) is 0 Å². The molecule has 1 amide bonds. The molecule has 2 N–H and O–H groups in total. The Hall–Kier alpha value is -2.98. The molecule has 1 aromatic heterocycles. The number of hydrogen-bond acceptors (Lipinski definition) is 4. The Labute approximate surface area is 152 Å². The maximum atomic E-state index is 12.7. The van der Waals surface area contributed by atoms with Crippen LogP contribution in [0.4, 0.5) is 13.2 Å². The molecule has 3 rings (SSSR count). The van der Waals surface area contributed by atoms with E-state index in [0.717, 1.165) is 18.2 Å². The second kappa shape index (κ2) is 6.97. The van der Waals surface area contributed by atoms with Crippen LogP contribution in [-0.2, 0) is 16.2 Å². The highest BCUT2D eigenvalue weighted by molar-refractivity contribution is 7.89. The summed E-state index contributed by atoms with van der Waals surface area (Å²) >= 11 is 0. The first-order chi connectivity index (χ1) is 12.7.